The maximum atomic E-state index is 12.2. The molecule has 0 saturated carbocycles. The summed E-state index contributed by atoms with van der Waals surface area (Å²) >= 11 is 0. The van der Waals surface area contributed by atoms with Gasteiger partial charge in [-0.2, -0.15) is 10.2 Å². The molecule has 2 aromatic rings. The van der Waals surface area contributed by atoms with Crippen molar-refractivity contribution in [3.63, 3.8) is 0 Å². The molecule has 0 aliphatic rings. The lowest BCUT2D eigenvalue weighted by Crippen LogP contribution is -2.31. The fourth-order valence-corrected chi connectivity index (χ4v) is 2.00. The Balaban J connectivity index is 2.03. The van der Waals surface area contributed by atoms with Crippen LogP contribution in [-0.2, 0) is 24.4 Å². The summed E-state index contributed by atoms with van der Waals surface area (Å²) in [6.45, 7) is 3.01. The highest BCUT2D eigenvalue weighted by atomic mass is 16.4. The molecule has 0 spiro atoms. The first-order chi connectivity index (χ1) is 10.0. The van der Waals surface area contributed by atoms with Gasteiger partial charge in [0.05, 0.1) is 12.2 Å². The van der Waals surface area contributed by atoms with Gasteiger partial charge in [0, 0.05) is 26.0 Å². The predicted molar refractivity (Wildman–Crippen MR) is 73.6 cm³/mol. The van der Waals surface area contributed by atoms with Gasteiger partial charge >= 0.3 is 5.97 Å². The molecule has 8 nitrogen and oxygen atoms in total. The number of aromatic nitrogens is 4. The van der Waals surface area contributed by atoms with Gasteiger partial charge in [-0.25, -0.2) is 9.48 Å². The first kappa shape index (κ1) is 14.8. The molecule has 0 radical (unpaired) electrons. The van der Waals surface area contributed by atoms with Crippen LogP contribution in [0.1, 0.15) is 23.1 Å². The maximum absolute atomic E-state index is 12.2. The van der Waals surface area contributed by atoms with E-state index < -0.39 is 5.97 Å². The summed E-state index contributed by atoms with van der Waals surface area (Å²) in [6, 6.07) is 3.21. The lowest BCUT2D eigenvalue weighted by Gasteiger charge is -2.18. The summed E-state index contributed by atoms with van der Waals surface area (Å²) in [7, 11) is 1.67. The van der Waals surface area contributed by atoms with Crippen LogP contribution in [0.25, 0.3) is 0 Å². The zero-order valence-electron chi connectivity index (χ0n) is 11.9. The van der Waals surface area contributed by atoms with Crippen molar-refractivity contribution < 1.29 is 14.7 Å². The molecule has 0 saturated heterocycles. The van der Waals surface area contributed by atoms with Crippen LogP contribution in [0.4, 0.5) is 0 Å². The first-order valence-electron chi connectivity index (χ1n) is 6.52. The molecular formula is C13H17N5O3. The van der Waals surface area contributed by atoms with E-state index in [1.807, 2.05) is 13.0 Å². The molecule has 0 unspecified atom stereocenters. The third-order valence-electron chi connectivity index (χ3n) is 3.15. The van der Waals surface area contributed by atoms with Crippen LogP contribution in [0.5, 0.6) is 0 Å². The highest BCUT2D eigenvalue weighted by molar-refractivity contribution is 5.86. The van der Waals surface area contributed by atoms with Crippen LogP contribution >= 0.6 is 0 Å². The molecule has 0 aromatic carbocycles. The molecule has 0 aliphatic heterocycles. The van der Waals surface area contributed by atoms with Gasteiger partial charge in [-0.05, 0) is 19.1 Å². The Morgan fingerprint density at radius 3 is 2.57 bits per heavy atom. The van der Waals surface area contributed by atoms with Crippen molar-refractivity contribution in [3.8, 4) is 0 Å². The normalized spacial score (nSPS) is 10.6. The molecule has 0 fully saturated rings. The molecule has 112 valence electrons. The quantitative estimate of drug-likeness (QED) is 0.834. The van der Waals surface area contributed by atoms with Crippen molar-refractivity contribution in [2.24, 2.45) is 0 Å². The number of carbonyl (C=O) groups excluding carboxylic acids is 1. The van der Waals surface area contributed by atoms with Gasteiger partial charge in [-0.1, -0.05) is 0 Å². The van der Waals surface area contributed by atoms with Crippen LogP contribution in [0.15, 0.2) is 24.5 Å². The van der Waals surface area contributed by atoms with E-state index in [1.165, 1.54) is 21.8 Å². The molecule has 1 N–H and O–H groups in total. The third-order valence-corrected chi connectivity index (χ3v) is 3.15. The summed E-state index contributed by atoms with van der Waals surface area (Å²) < 4.78 is 2.98. The van der Waals surface area contributed by atoms with E-state index in [4.69, 9.17) is 5.11 Å². The van der Waals surface area contributed by atoms with Gasteiger partial charge in [-0.15, -0.1) is 0 Å². The monoisotopic (exact) mass is 291 g/mol. The number of aryl methyl sites for hydroxylation is 1. The fraction of sp³-hybridized carbons (Fsp3) is 0.385. The van der Waals surface area contributed by atoms with Gasteiger partial charge < -0.3 is 10.0 Å². The average molecular weight is 291 g/mol. The van der Waals surface area contributed by atoms with Crippen molar-refractivity contribution in [2.45, 2.75) is 26.6 Å². The van der Waals surface area contributed by atoms with E-state index in [1.54, 1.807) is 17.9 Å². The minimum Gasteiger partial charge on any atom is -0.477 e. The van der Waals surface area contributed by atoms with Gasteiger partial charge in [0.15, 0.2) is 0 Å². The Morgan fingerprint density at radius 1 is 1.24 bits per heavy atom. The molecule has 21 heavy (non-hydrogen) atoms. The van der Waals surface area contributed by atoms with Crippen molar-refractivity contribution >= 4 is 11.9 Å². The van der Waals surface area contributed by atoms with Crippen LogP contribution in [0.3, 0.4) is 0 Å². The summed E-state index contributed by atoms with van der Waals surface area (Å²) in [5.41, 5.74) is 0.919. The summed E-state index contributed by atoms with van der Waals surface area (Å²) in [5, 5.41) is 17.0. The standard InChI is InChI=1S/C13H17N5O3/c1-3-17-10(4-6-14-17)8-16(2)12(19)9-18-11(13(20)21)5-7-15-18/h4-7H,3,8-9H2,1-2H3,(H,20,21). The van der Waals surface area contributed by atoms with Crippen molar-refractivity contribution in [3.05, 3.63) is 35.9 Å². The zero-order valence-corrected chi connectivity index (χ0v) is 11.9. The second-order valence-electron chi connectivity index (χ2n) is 4.57. The lowest BCUT2D eigenvalue weighted by molar-refractivity contribution is -0.131. The smallest absolute Gasteiger partial charge is 0.354 e. The fourth-order valence-electron chi connectivity index (χ4n) is 2.00. The van der Waals surface area contributed by atoms with E-state index in [0.29, 0.717) is 6.54 Å². The summed E-state index contributed by atoms with van der Waals surface area (Å²) in [6.07, 6.45) is 3.05. The number of amides is 1. The summed E-state index contributed by atoms with van der Waals surface area (Å²) in [5.74, 6) is -1.32. The van der Waals surface area contributed by atoms with Gasteiger partial charge in [-0.3, -0.25) is 9.48 Å². The Kier molecular flexibility index (Phi) is 4.36. The number of aromatic carboxylic acids is 1. The number of carboxylic acid groups (broad SMARTS) is 1. The Labute approximate surface area is 121 Å². The molecule has 2 rings (SSSR count). The van der Waals surface area contributed by atoms with Crippen molar-refractivity contribution in [1.82, 2.24) is 24.5 Å². The molecule has 0 atom stereocenters. The highest BCUT2D eigenvalue weighted by Crippen LogP contribution is 2.05. The van der Waals surface area contributed by atoms with Crippen molar-refractivity contribution in [2.75, 3.05) is 7.05 Å². The number of nitrogens with zero attached hydrogens (tertiary/aromatic N) is 5. The van der Waals surface area contributed by atoms with Gasteiger partial charge in [0.1, 0.15) is 12.2 Å². The van der Waals surface area contributed by atoms with E-state index >= 15 is 0 Å². The highest BCUT2D eigenvalue weighted by Gasteiger charge is 2.16. The third kappa shape index (κ3) is 3.28. The maximum Gasteiger partial charge on any atom is 0.354 e. The SMILES string of the molecule is CCn1nccc1CN(C)C(=O)Cn1nccc1C(=O)O. The number of carboxylic acids is 1. The Hall–Kier alpha value is -2.64. The molecule has 2 aromatic heterocycles. The average Bonchev–Trinajstić information content (AvgIpc) is 3.07. The van der Waals surface area contributed by atoms with E-state index in [9.17, 15) is 9.59 Å². The lowest BCUT2D eigenvalue weighted by atomic mass is 10.3. The largest absolute Gasteiger partial charge is 0.477 e. The second kappa shape index (κ2) is 6.21. The number of hydrogen-bond acceptors (Lipinski definition) is 4. The molecule has 0 aliphatic carbocycles. The van der Waals surface area contributed by atoms with Crippen LogP contribution in [0, 0.1) is 0 Å². The van der Waals surface area contributed by atoms with Crippen LogP contribution in [-0.4, -0.2) is 48.5 Å². The minimum absolute atomic E-state index is 0.00431. The minimum atomic E-state index is -1.10. The molecule has 1 amide bonds. The van der Waals surface area contributed by atoms with E-state index in [-0.39, 0.29) is 18.1 Å². The van der Waals surface area contributed by atoms with Crippen LogP contribution < -0.4 is 0 Å². The number of hydrogen-bond donors (Lipinski definition) is 1. The van der Waals surface area contributed by atoms with Gasteiger partial charge in [0.2, 0.25) is 5.91 Å². The number of carbonyl (C=O) groups is 2. The second-order valence-corrected chi connectivity index (χ2v) is 4.57. The number of likely N-dealkylation sites (N-methyl/N-ethyl adjacent to an activating group) is 1. The summed E-state index contributed by atoms with van der Waals surface area (Å²) in [4.78, 5) is 24.7. The molecule has 2 heterocycles. The number of rotatable bonds is 6. The molecule has 0 bridgehead atoms. The Bertz CT molecular complexity index is 646. The predicted octanol–water partition coefficient (Wildman–Crippen LogP) is 0.456. The Morgan fingerprint density at radius 2 is 1.90 bits per heavy atom. The first-order valence-corrected chi connectivity index (χ1v) is 6.52. The van der Waals surface area contributed by atoms with Gasteiger partial charge in [0.25, 0.3) is 0 Å². The van der Waals surface area contributed by atoms with E-state index in [0.717, 1.165) is 12.2 Å². The topological polar surface area (TPSA) is 93.3 Å². The zero-order chi connectivity index (χ0) is 15.4. The van der Waals surface area contributed by atoms with Crippen LogP contribution in [0.2, 0.25) is 0 Å². The molecule has 8 heteroatoms. The van der Waals surface area contributed by atoms with Crippen molar-refractivity contribution in [1.29, 1.82) is 0 Å². The van der Waals surface area contributed by atoms with E-state index in [2.05, 4.69) is 10.2 Å². The molecular weight excluding hydrogens is 274 g/mol.